The molecule has 0 radical (unpaired) electrons. The zero-order chi connectivity index (χ0) is 8.97. The molecule has 0 bridgehead atoms. The second-order valence-corrected chi connectivity index (χ2v) is 2.53. The molecule has 12 heavy (non-hydrogen) atoms. The van der Waals surface area contributed by atoms with Crippen molar-refractivity contribution in [2.24, 2.45) is 0 Å². The third kappa shape index (κ3) is 2.27. The van der Waals surface area contributed by atoms with E-state index in [-0.39, 0.29) is 18.6 Å². The minimum Gasteiger partial charge on any atom is -0.396 e. The molecule has 0 amide bonds. The van der Waals surface area contributed by atoms with Crippen LogP contribution in [0.4, 0.5) is 8.78 Å². The molecule has 0 spiro atoms. The third-order valence-corrected chi connectivity index (χ3v) is 1.59. The highest BCUT2D eigenvalue weighted by Gasteiger charge is 2.08. The van der Waals surface area contributed by atoms with Crippen molar-refractivity contribution in [1.82, 2.24) is 0 Å². The number of hydrogen-bond donors (Lipinski definition) is 1. The maximum atomic E-state index is 13.0. The summed E-state index contributed by atoms with van der Waals surface area (Å²) in [6.45, 7) is -0.225. The maximum absolute atomic E-state index is 13.0. The molecule has 0 aromatic heterocycles. The third-order valence-electron chi connectivity index (χ3n) is 1.59. The van der Waals surface area contributed by atoms with Crippen LogP contribution in [0.3, 0.4) is 0 Å². The highest BCUT2D eigenvalue weighted by Crippen LogP contribution is 2.20. The van der Waals surface area contributed by atoms with Gasteiger partial charge in [-0.2, -0.15) is 0 Å². The Kier molecular flexibility index (Phi) is 3.17. The molecule has 0 fully saturated rings. The van der Waals surface area contributed by atoms with Crippen molar-refractivity contribution in [3.8, 4) is 0 Å². The Morgan fingerprint density at radius 3 is 2.75 bits per heavy atom. The fraction of sp³-hybridized carbons (Fsp3) is 0.333. The number of rotatable bonds is 3. The summed E-state index contributed by atoms with van der Waals surface area (Å²) < 4.78 is 25.5. The molecular weight excluding hydrogens is 162 g/mol. The fourth-order valence-corrected chi connectivity index (χ4v) is 0.981. The van der Waals surface area contributed by atoms with E-state index in [4.69, 9.17) is 5.11 Å². The molecule has 1 rings (SSSR count). The van der Waals surface area contributed by atoms with E-state index in [2.05, 4.69) is 0 Å². The van der Waals surface area contributed by atoms with Gasteiger partial charge in [0.1, 0.15) is 12.0 Å². The van der Waals surface area contributed by atoms with Crippen LogP contribution in [-0.2, 0) is 0 Å². The second-order valence-electron chi connectivity index (χ2n) is 2.53. The van der Waals surface area contributed by atoms with Gasteiger partial charge in [-0.25, -0.2) is 8.78 Å². The van der Waals surface area contributed by atoms with Crippen LogP contribution in [0, 0.1) is 5.82 Å². The molecule has 0 heterocycles. The van der Waals surface area contributed by atoms with E-state index in [1.54, 1.807) is 0 Å². The quantitative estimate of drug-likeness (QED) is 0.741. The van der Waals surface area contributed by atoms with Crippen molar-refractivity contribution in [1.29, 1.82) is 0 Å². The van der Waals surface area contributed by atoms with Crippen LogP contribution >= 0.6 is 0 Å². The first kappa shape index (κ1) is 9.13. The second kappa shape index (κ2) is 4.16. The Morgan fingerprint density at radius 2 is 2.17 bits per heavy atom. The van der Waals surface area contributed by atoms with Gasteiger partial charge in [0.25, 0.3) is 0 Å². The Balaban J connectivity index is 2.73. The van der Waals surface area contributed by atoms with Crippen molar-refractivity contribution in [2.75, 3.05) is 6.61 Å². The van der Waals surface area contributed by atoms with Gasteiger partial charge >= 0.3 is 0 Å². The molecule has 0 aliphatic carbocycles. The summed E-state index contributed by atoms with van der Waals surface area (Å²) in [4.78, 5) is 0. The molecule has 0 saturated carbocycles. The SMILES string of the molecule is OCCC(F)c1cccc(F)c1. The highest BCUT2D eigenvalue weighted by atomic mass is 19.1. The molecule has 66 valence electrons. The van der Waals surface area contributed by atoms with E-state index in [1.807, 2.05) is 0 Å². The van der Waals surface area contributed by atoms with E-state index < -0.39 is 12.0 Å². The Bertz CT molecular complexity index is 250. The van der Waals surface area contributed by atoms with Gasteiger partial charge in [0.2, 0.25) is 0 Å². The van der Waals surface area contributed by atoms with Crippen LogP contribution in [-0.4, -0.2) is 11.7 Å². The number of hydrogen-bond acceptors (Lipinski definition) is 1. The molecule has 3 heteroatoms. The van der Waals surface area contributed by atoms with Crippen molar-refractivity contribution >= 4 is 0 Å². The van der Waals surface area contributed by atoms with Gasteiger partial charge in [0.15, 0.2) is 0 Å². The average molecular weight is 172 g/mol. The molecule has 0 aliphatic rings. The van der Waals surface area contributed by atoms with Gasteiger partial charge < -0.3 is 5.11 Å². The van der Waals surface area contributed by atoms with Gasteiger partial charge in [-0.3, -0.25) is 0 Å². The molecule has 0 aliphatic heterocycles. The van der Waals surface area contributed by atoms with Crippen molar-refractivity contribution in [3.05, 3.63) is 35.6 Å². The number of halogens is 2. The molecule has 1 N–H and O–H groups in total. The monoisotopic (exact) mass is 172 g/mol. The van der Waals surface area contributed by atoms with E-state index in [0.29, 0.717) is 0 Å². The summed E-state index contributed by atoms with van der Waals surface area (Å²) in [5.74, 6) is -0.451. The first-order valence-electron chi connectivity index (χ1n) is 3.74. The fourth-order valence-electron chi connectivity index (χ4n) is 0.981. The molecule has 1 aromatic carbocycles. The summed E-state index contributed by atoms with van der Waals surface area (Å²) >= 11 is 0. The lowest BCUT2D eigenvalue weighted by molar-refractivity contribution is 0.222. The average Bonchev–Trinajstić information content (AvgIpc) is 2.05. The molecule has 1 aromatic rings. The minimum absolute atomic E-state index is 0.0173. The van der Waals surface area contributed by atoms with Gasteiger partial charge in [-0.05, 0) is 17.7 Å². The summed E-state index contributed by atoms with van der Waals surface area (Å²) in [5.41, 5.74) is 0.282. The first-order valence-corrected chi connectivity index (χ1v) is 3.74. The number of alkyl halides is 1. The van der Waals surface area contributed by atoms with E-state index in [1.165, 1.54) is 18.2 Å². The highest BCUT2D eigenvalue weighted by molar-refractivity contribution is 5.18. The minimum atomic E-state index is -1.27. The summed E-state index contributed by atoms with van der Waals surface area (Å²) in [7, 11) is 0. The normalized spacial score (nSPS) is 12.9. The van der Waals surface area contributed by atoms with Crippen LogP contribution in [0.15, 0.2) is 24.3 Å². The number of aliphatic hydroxyl groups excluding tert-OH is 1. The predicted molar refractivity (Wildman–Crippen MR) is 42.0 cm³/mol. The summed E-state index contributed by atoms with van der Waals surface area (Å²) in [6, 6.07) is 5.35. The smallest absolute Gasteiger partial charge is 0.127 e. The van der Waals surface area contributed by atoms with Gasteiger partial charge in [0, 0.05) is 13.0 Å². The lowest BCUT2D eigenvalue weighted by Gasteiger charge is -2.05. The molecular formula is C9H10F2O. The van der Waals surface area contributed by atoms with E-state index in [9.17, 15) is 8.78 Å². The predicted octanol–water partition coefficient (Wildman–Crippen LogP) is 2.22. The van der Waals surface area contributed by atoms with Crippen molar-refractivity contribution in [2.45, 2.75) is 12.6 Å². The largest absolute Gasteiger partial charge is 0.396 e. The lowest BCUT2D eigenvalue weighted by atomic mass is 10.1. The number of benzene rings is 1. The summed E-state index contributed by atoms with van der Waals surface area (Å²) in [6.07, 6.45) is -1.26. The van der Waals surface area contributed by atoms with Crippen LogP contribution in [0.1, 0.15) is 18.2 Å². The van der Waals surface area contributed by atoms with E-state index in [0.717, 1.165) is 6.07 Å². The maximum Gasteiger partial charge on any atom is 0.127 e. The molecule has 1 unspecified atom stereocenters. The van der Waals surface area contributed by atoms with Crippen molar-refractivity contribution in [3.63, 3.8) is 0 Å². The Morgan fingerprint density at radius 1 is 1.42 bits per heavy atom. The molecule has 0 saturated heterocycles. The lowest BCUT2D eigenvalue weighted by Crippen LogP contribution is -1.95. The van der Waals surface area contributed by atoms with Gasteiger partial charge in [0.05, 0.1) is 0 Å². The Labute approximate surface area is 69.7 Å². The molecule has 1 atom stereocenters. The zero-order valence-electron chi connectivity index (χ0n) is 6.50. The van der Waals surface area contributed by atoms with Crippen molar-refractivity contribution < 1.29 is 13.9 Å². The van der Waals surface area contributed by atoms with Gasteiger partial charge in [-0.1, -0.05) is 12.1 Å². The van der Waals surface area contributed by atoms with Crippen LogP contribution in [0.25, 0.3) is 0 Å². The molecule has 1 nitrogen and oxygen atoms in total. The van der Waals surface area contributed by atoms with Crippen LogP contribution < -0.4 is 0 Å². The van der Waals surface area contributed by atoms with Crippen LogP contribution in [0.5, 0.6) is 0 Å². The van der Waals surface area contributed by atoms with Crippen LogP contribution in [0.2, 0.25) is 0 Å². The topological polar surface area (TPSA) is 20.2 Å². The standard InChI is InChI=1S/C9H10F2O/c10-8-3-1-2-7(6-8)9(11)4-5-12/h1-3,6,9,12H,4-5H2. The Hall–Kier alpha value is -0.960. The zero-order valence-corrected chi connectivity index (χ0v) is 6.50. The number of aliphatic hydroxyl groups is 1. The van der Waals surface area contributed by atoms with E-state index >= 15 is 0 Å². The summed E-state index contributed by atoms with van der Waals surface area (Å²) in [5, 5.41) is 8.43. The van der Waals surface area contributed by atoms with Gasteiger partial charge in [-0.15, -0.1) is 0 Å². The first-order chi connectivity index (χ1) is 5.74.